The molecule has 0 saturated carbocycles. The molecule has 90 valence electrons. The van der Waals surface area contributed by atoms with Gasteiger partial charge in [-0.25, -0.2) is 4.79 Å². The lowest BCUT2D eigenvalue weighted by molar-refractivity contribution is -0.420. The minimum absolute atomic E-state index is 0.0574. The Morgan fingerprint density at radius 2 is 2.12 bits per heavy atom. The molecule has 16 heavy (non-hydrogen) atoms. The minimum atomic E-state index is -0.634. The second kappa shape index (κ2) is 6.60. The first-order valence-corrected chi connectivity index (χ1v) is 4.79. The Morgan fingerprint density at radius 1 is 1.56 bits per heavy atom. The molecule has 6 nitrogen and oxygen atoms in total. The maximum absolute atomic E-state index is 11.2. The Labute approximate surface area is 94.1 Å². The highest BCUT2D eigenvalue weighted by Gasteiger charge is 2.16. The number of nitro groups is 1. The fourth-order valence-corrected chi connectivity index (χ4v) is 0.993. The largest absolute Gasteiger partial charge is 0.464 e. The van der Waals surface area contributed by atoms with Gasteiger partial charge in [-0.3, -0.25) is 10.1 Å². The SMILES string of the molecule is CC/C(C)=C(\C=C(/NC)C(=O)OC)[N+](=O)[O-]. The highest BCUT2D eigenvalue weighted by atomic mass is 16.6. The maximum Gasteiger partial charge on any atom is 0.354 e. The minimum Gasteiger partial charge on any atom is -0.464 e. The number of methoxy groups -OCH3 is 1. The Balaban J connectivity index is 5.34. The highest BCUT2D eigenvalue weighted by molar-refractivity contribution is 5.88. The molecule has 0 bridgehead atoms. The van der Waals surface area contributed by atoms with Gasteiger partial charge in [-0.2, -0.15) is 0 Å². The second-order valence-corrected chi connectivity index (χ2v) is 3.08. The molecular formula is C10H16N2O4. The van der Waals surface area contributed by atoms with Crippen molar-refractivity contribution < 1.29 is 14.5 Å². The van der Waals surface area contributed by atoms with Crippen molar-refractivity contribution >= 4 is 5.97 Å². The van der Waals surface area contributed by atoms with E-state index < -0.39 is 10.9 Å². The van der Waals surface area contributed by atoms with E-state index in [1.807, 2.05) is 6.92 Å². The molecule has 0 amide bonds. The van der Waals surface area contributed by atoms with Gasteiger partial charge in [0.2, 0.25) is 0 Å². The summed E-state index contributed by atoms with van der Waals surface area (Å²) >= 11 is 0. The van der Waals surface area contributed by atoms with Gasteiger partial charge in [0.1, 0.15) is 5.70 Å². The Bertz CT molecular complexity index is 345. The van der Waals surface area contributed by atoms with E-state index >= 15 is 0 Å². The van der Waals surface area contributed by atoms with Gasteiger partial charge in [-0.1, -0.05) is 6.92 Å². The van der Waals surface area contributed by atoms with Crippen LogP contribution in [0.15, 0.2) is 23.0 Å². The number of hydrogen-bond acceptors (Lipinski definition) is 5. The van der Waals surface area contributed by atoms with Crippen molar-refractivity contribution in [2.24, 2.45) is 0 Å². The maximum atomic E-state index is 11.2. The number of likely N-dealkylation sites (N-methyl/N-ethyl adjacent to an activating group) is 1. The molecule has 0 spiro atoms. The highest BCUT2D eigenvalue weighted by Crippen LogP contribution is 2.12. The summed E-state index contributed by atoms with van der Waals surface area (Å²) in [6.45, 7) is 3.46. The third kappa shape index (κ3) is 3.72. The zero-order chi connectivity index (χ0) is 12.7. The van der Waals surface area contributed by atoms with E-state index in [1.54, 1.807) is 6.92 Å². The zero-order valence-electron chi connectivity index (χ0n) is 9.86. The number of rotatable bonds is 5. The quantitative estimate of drug-likeness (QED) is 0.251. The van der Waals surface area contributed by atoms with Crippen LogP contribution in [0, 0.1) is 10.1 Å². The first-order valence-electron chi connectivity index (χ1n) is 4.79. The topological polar surface area (TPSA) is 81.5 Å². The van der Waals surface area contributed by atoms with Gasteiger partial charge < -0.3 is 10.1 Å². The van der Waals surface area contributed by atoms with Crippen molar-refractivity contribution in [2.75, 3.05) is 14.2 Å². The molecule has 0 radical (unpaired) electrons. The van der Waals surface area contributed by atoms with Crippen LogP contribution in [0.3, 0.4) is 0 Å². The van der Waals surface area contributed by atoms with Crippen LogP contribution in [0.5, 0.6) is 0 Å². The molecule has 6 heteroatoms. The van der Waals surface area contributed by atoms with E-state index in [0.29, 0.717) is 12.0 Å². The number of esters is 1. The van der Waals surface area contributed by atoms with Crippen molar-refractivity contribution in [1.82, 2.24) is 5.32 Å². The van der Waals surface area contributed by atoms with Gasteiger partial charge in [0.05, 0.1) is 12.0 Å². The molecule has 0 fully saturated rings. The number of ether oxygens (including phenoxy) is 1. The second-order valence-electron chi connectivity index (χ2n) is 3.08. The van der Waals surface area contributed by atoms with Crippen LogP contribution in [0.2, 0.25) is 0 Å². The predicted molar refractivity (Wildman–Crippen MR) is 59.1 cm³/mol. The zero-order valence-corrected chi connectivity index (χ0v) is 9.86. The van der Waals surface area contributed by atoms with Crippen molar-refractivity contribution in [3.63, 3.8) is 0 Å². The van der Waals surface area contributed by atoms with Gasteiger partial charge in [0.15, 0.2) is 0 Å². The number of nitrogens with zero attached hydrogens (tertiary/aromatic N) is 1. The van der Waals surface area contributed by atoms with E-state index in [-0.39, 0.29) is 11.4 Å². The monoisotopic (exact) mass is 228 g/mol. The van der Waals surface area contributed by atoms with E-state index in [4.69, 9.17) is 0 Å². The normalized spacial score (nSPS) is 12.9. The average Bonchev–Trinajstić information content (AvgIpc) is 2.28. The van der Waals surface area contributed by atoms with Crippen LogP contribution < -0.4 is 5.32 Å². The number of hydrogen-bond donors (Lipinski definition) is 1. The number of carbonyl (C=O) groups is 1. The fourth-order valence-electron chi connectivity index (χ4n) is 0.993. The van der Waals surface area contributed by atoms with Crippen molar-refractivity contribution in [3.05, 3.63) is 33.2 Å². The molecule has 0 saturated heterocycles. The van der Waals surface area contributed by atoms with Crippen LogP contribution in [-0.2, 0) is 9.53 Å². The lowest BCUT2D eigenvalue weighted by atomic mass is 10.1. The van der Waals surface area contributed by atoms with Crippen molar-refractivity contribution in [2.45, 2.75) is 20.3 Å². The van der Waals surface area contributed by atoms with Crippen molar-refractivity contribution in [1.29, 1.82) is 0 Å². The number of carbonyl (C=O) groups excluding carboxylic acids is 1. The summed E-state index contributed by atoms with van der Waals surface area (Å²) in [4.78, 5) is 21.5. The molecule has 0 aliphatic heterocycles. The summed E-state index contributed by atoms with van der Waals surface area (Å²) in [7, 11) is 2.72. The van der Waals surface area contributed by atoms with Crippen LogP contribution in [0.1, 0.15) is 20.3 Å². The fraction of sp³-hybridized carbons (Fsp3) is 0.500. The standard InChI is InChI=1S/C10H16N2O4/c1-5-7(2)9(12(14)15)6-8(11-3)10(13)16-4/h6,11H,5H2,1-4H3/b8-6-,9-7+. The Kier molecular flexibility index (Phi) is 5.84. The summed E-state index contributed by atoms with van der Waals surface area (Å²) < 4.78 is 4.48. The summed E-state index contributed by atoms with van der Waals surface area (Å²) in [5.74, 6) is -0.634. The third-order valence-corrected chi connectivity index (χ3v) is 2.12. The molecule has 0 aromatic carbocycles. The molecule has 0 rings (SSSR count). The van der Waals surface area contributed by atoms with Gasteiger partial charge in [-0.05, 0) is 13.3 Å². The van der Waals surface area contributed by atoms with E-state index in [9.17, 15) is 14.9 Å². The lowest BCUT2D eigenvalue weighted by Crippen LogP contribution is -2.18. The summed E-state index contributed by atoms with van der Waals surface area (Å²) in [6.07, 6.45) is 1.73. The van der Waals surface area contributed by atoms with E-state index in [0.717, 1.165) is 0 Å². The average molecular weight is 228 g/mol. The summed E-state index contributed by atoms with van der Waals surface area (Å²) in [6, 6.07) is 0. The smallest absolute Gasteiger partial charge is 0.354 e. The first kappa shape index (κ1) is 14.2. The number of nitrogens with one attached hydrogen (secondary N) is 1. The molecule has 0 atom stereocenters. The van der Waals surface area contributed by atoms with Crippen LogP contribution in [0.25, 0.3) is 0 Å². The molecule has 1 N–H and O–H groups in total. The molecule has 0 aliphatic carbocycles. The molecule has 0 aliphatic rings. The van der Waals surface area contributed by atoms with Crippen molar-refractivity contribution in [3.8, 4) is 0 Å². The third-order valence-electron chi connectivity index (χ3n) is 2.12. The van der Waals surface area contributed by atoms with Gasteiger partial charge in [0, 0.05) is 18.7 Å². The number of allylic oxidation sites excluding steroid dienone is 2. The summed E-state index contributed by atoms with van der Waals surface area (Å²) in [5.41, 5.74) is 0.570. The Hall–Kier alpha value is -1.85. The van der Waals surface area contributed by atoms with Gasteiger partial charge in [0.25, 0.3) is 5.70 Å². The summed E-state index contributed by atoms with van der Waals surface area (Å²) in [5, 5.41) is 13.4. The Morgan fingerprint density at radius 3 is 2.44 bits per heavy atom. The van der Waals surface area contributed by atoms with Gasteiger partial charge in [-0.15, -0.1) is 0 Å². The molecule has 0 unspecified atom stereocenters. The van der Waals surface area contributed by atoms with Crippen LogP contribution in [0.4, 0.5) is 0 Å². The molecular weight excluding hydrogens is 212 g/mol. The van der Waals surface area contributed by atoms with Crippen LogP contribution in [-0.4, -0.2) is 25.1 Å². The van der Waals surface area contributed by atoms with E-state index in [1.165, 1.54) is 20.2 Å². The molecule has 0 heterocycles. The van der Waals surface area contributed by atoms with E-state index in [2.05, 4.69) is 10.1 Å². The molecule has 0 aromatic rings. The predicted octanol–water partition coefficient (Wildman–Crippen LogP) is 1.22. The molecule has 0 aromatic heterocycles. The lowest BCUT2D eigenvalue weighted by Gasteiger charge is -2.04. The van der Waals surface area contributed by atoms with Crippen LogP contribution >= 0.6 is 0 Å². The first-order chi connectivity index (χ1) is 7.47. The van der Waals surface area contributed by atoms with Gasteiger partial charge >= 0.3 is 5.97 Å².